The van der Waals surface area contributed by atoms with Crippen LogP contribution in [0.4, 0.5) is 0 Å². The molecule has 1 aliphatic rings. The SMILES string of the molecule is CSc1ccc(CN2CCCNCC2)cc1. The van der Waals surface area contributed by atoms with Gasteiger partial charge in [0.25, 0.3) is 0 Å². The summed E-state index contributed by atoms with van der Waals surface area (Å²) in [7, 11) is 0. The molecule has 2 nitrogen and oxygen atoms in total. The second-order valence-electron chi connectivity index (χ2n) is 4.23. The van der Waals surface area contributed by atoms with Gasteiger partial charge in [-0.15, -0.1) is 11.8 Å². The number of nitrogens with zero attached hydrogens (tertiary/aromatic N) is 1. The molecule has 3 heteroatoms. The Bertz CT molecular complexity index is 302. The third kappa shape index (κ3) is 3.51. The number of hydrogen-bond acceptors (Lipinski definition) is 3. The molecule has 0 amide bonds. The Morgan fingerprint density at radius 2 is 2.00 bits per heavy atom. The first-order valence-corrected chi connectivity index (χ1v) is 7.17. The highest BCUT2D eigenvalue weighted by Crippen LogP contribution is 2.16. The highest BCUT2D eigenvalue weighted by molar-refractivity contribution is 7.98. The fraction of sp³-hybridized carbons (Fsp3) is 0.538. The van der Waals surface area contributed by atoms with E-state index in [0.29, 0.717) is 0 Å². The van der Waals surface area contributed by atoms with Crippen molar-refractivity contribution in [3.05, 3.63) is 29.8 Å². The molecule has 1 aromatic carbocycles. The molecule has 1 saturated heterocycles. The lowest BCUT2D eigenvalue weighted by atomic mass is 10.2. The smallest absolute Gasteiger partial charge is 0.0234 e. The molecule has 1 aromatic rings. The highest BCUT2D eigenvalue weighted by Gasteiger charge is 2.08. The van der Waals surface area contributed by atoms with Gasteiger partial charge in [0.2, 0.25) is 0 Å². The Balaban J connectivity index is 1.91. The van der Waals surface area contributed by atoms with Gasteiger partial charge in [-0.1, -0.05) is 12.1 Å². The summed E-state index contributed by atoms with van der Waals surface area (Å²) < 4.78 is 0. The largest absolute Gasteiger partial charge is 0.315 e. The Labute approximate surface area is 102 Å². The molecule has 0 spiro atoms. The van der Waals surface area contributed by atoms with Crippen LogP contribution in [-0.2, 0) is 6.54 Å². The van der Waals surface area contributed by atoms with Crippen molar-refractivity contribution in [2.45, 2.75) is 17.9 Å². The molecule has 1 heterocycles. The molecule has 0 unspecified atom stereocenters. The van der Waals surface area contributed by atoms with E-state index in [2.05, 4.69) is 40.7 Å². The predicted octanol–water partition coefficient (Wildman–Crippen LogP) is 2.20. The van der Waals surface area contributed by atoms with E-state index < -0.39 is 0 Å². The van der Waals surface area contributed by atoms with Crippen molar-refractivity contribution in [2.24, 2.45) is 0 Å². The molecule has 0 atom stereocenters. The van der Waals surface area contributed by atoms with Gasteiger partial charge in [-0.2, -0.15) is 0 Å². The van der Waals surface area contributed by atoms with Crippen LogP contribution in [0, 0.1) is 0 Å². The second kappa shape index (κ2) is 6.28. The number of rotatable bonds is 3. The van der Waals surface area contributed by atoms with Crippen LogP contribution in [0.2, 0.25) is 0 Å². The molecule has 0 saturated carbocycles. The third-order valence-corrected chi connectivity index (χ3v) is 3.74. The van der Waals surface area contributed by atoms with Crippen molar-refractivity contribution in [1.82, 2.24) is 10.2 Å². The van der Waals surface area contributed by atoms with Crippen LogP contribution >= 0.6 is 11.8 Å². The summed E-state index contributed by atoms with van der Waals surface area (Å²) in [5, 5.41) is 3.44. The van der Waals surface area contributed by atoms with Gasteiger partial charge in [0.05, 0.1) is 0 Å². The molecule has 0 radical (unpaired) electrons. The molecule has 1 aliphatic heterocycles. The average molecular weight is 236 g/mol. The maximum absolute atomic E-state index is 3.44. The predicted molar refractivity (Wildman–Crippen MR) is 71.0 cm³/mol. The molecule has 0 bridgehead atoms. The van der Waals surface area contributed by atoms with Crippen LogP contribution < -0.4 is 5.32 Å². The first kappa shape index (κ1) is 12.0. The van der Waals surface area contributed by atoms with Crippen LogP contribution in [0.3, 0.4) is 0 Å². The maximum Gasteiger partial charge on any atom is 0.0234 e. The summed E-state index contributed by atoms with van der Waals surface area (Å²) in [5.74, 6) is 0. The lowest BCUT2D eigenvalue weighted by molar-refractivity contribution is 0.284. The molecule has 2 rings (SSSR count). The molecule has 1 N–H and O–H groups in total. The standard InChI is InChI=1S/C13H20N2S/c1-16-13-5-3-12(4-6-13)11-15-9-2-7-14-8-10-15/h3-6,14H,2,7-11H2,1H3. The minimum Gasteiger partial charge on any atom is -0.315 e. The van der Waals surface area contributed by atoms with Crippen molar-refractivity contribution >= 4 is 11.8 Å². The number of hydrogen-bond donors (Lipinski definition) is 1. The summed E-state index contributed by atoms with van der Waals surface area (Å²) in [6.45, 7) is 5.78. The van der Waals surface area contributed by atoms with Crippen molar-refractivity contribution < 1.29 is 0 Å². The normalized spacial score (nSPS) is 18.3. The molecular formula is C13H20N2S. The number of thioether (sulfide) groups is 1. The van der Waals surface area contributed by atoms with Crippen LogP contribution in [-0.4, -0.2) is 37.3 Å². The van der Waals surface area contributed by atoms with E-state index in [1.807, 2.05) is 0 Å². The summed E-state index contributed by atoms with van der Waals surface area (Å²) >= 11 is 1.80. The monoisotopic (exact) mass is 236 g/mol. The van der Waals surface area contributed by atoms with Gasteiger partial charge in [-0.3, -0.25) is 4.90 Å². The zero-order valence-electron chi connectivity index (χ0n) is 9.91. The maximum atomic E-state index is 3.44. The van der Waals surface area contributed by atoms with Crippen molar-refractivity contribution in [3.63, 3.8) is 0 Å². The second-order valence-corrected chi connectivity index (χ2v) is 5.11. The minimum absolute atomic E-state index is 1.09. The quantitative estimate of drug-likeness (QED) is 0.810. The summed E-state index contributed by atoms with van der Waals surface area (Å²) in [6.07, 6.45) is 3.39. The van der Waals surface area contributed by atoms with Crippen molar-refractivity contribution in [2.75, 3.05) is 32.4 Å². The van der Waals surface area contributed by atoms with Crippen molar-refractivity contribution in [1.29, 1.82) is 0 Å². The first-order valence-electron chi connectivity index (χ1n) is 5.94. The van der Waals surface area contributed by atoms with E-state index in [-0.39, 0.29) is 0 Å². The summed E-state index contributed by atoms with van der Waals surface area (Å²) in [4.78, 5) is 3.88. The van der Waals surface area contributed by atoms with Gasteiger partial charge >= 0.3 is 0 Å². The van der Waals surface area contributed by atoms with E-state index in [9.17, 15) is 0 Å². The molecular weight excluding hydrogens is 216 g/mol. The topological polar surface area (TPSA) is 15.3 Å². The van der Waals surface area contributed by atoms with Crippen LogP contribution in [0.25, 0.3) is 0 Å². The zero-order valence-corrected chi connectivity index (χ0v) is 10.7. The number of nitrogens with one attached hydrogen (secondary N) is 1. The Morgan fingerprint density at radius 1 is 1.19 bits per heavy atom. The van der Waals surface area contributed by atoms with Gasteiger partial charge in [0.15, 0.2) is 0 Å². The first-order chi connectivity index (χ1) is 7.88. The van der Waals surface area contributed by atoms with E-state index >= 15 is 0 Å². The summed E-state index contributed by atoms with van der Waals surface area (Å²) in [6, 6.07) is 8.94. The van der Waals surface area contributed by atoms with E-state index in [1.54, 1.807) is 11.8 Å². The zero-order chi connectivity index (χ0) is 11.2. The average Bonchev–Trinajstić information content (AvgIpc) is 2.59. The molecule has 16 heavy (non-hydrogen) atoms. The molecule has 1 fully saturated rings. The minimum atomic E-state index is 1.09. The molecule has 0 aromatic heterocycles. The Morgan fingerprint density at radius 3 is 2.75 bits per heavy atom. The molecule has 88 valence electrons. The fourth-order valence-corrected chi connectivity index (χ4v) is 2.46. The van der Waals surface area contributed by atoms with Crippen molar-refractivity contribution in [3.8, 4) is 0 Å². The lowest BCUT2D eigenvalue weighted by Gasteiger charge is -2.19. The lowest BCUT2D eigenvalue weighted by Crippen LogP contribution is -2.27. The van der Waals surface area contributed by atoms with Gasteiger partial charge in [0.1, 0.15) is 0 Å². The third-order valence-electron chi connectivity index (χ3n) is 3.00. The molecule has 0 aliphatic carbocycles. The van der Waals surface area contributed by atoms with Gasteiger partial charge in [-0.25, -0.2) is 0 Å². The van der Waals surface area contributed by atoms with E-state index in [0.717, 1.165) is 13.1 Å². The Hall–Kier alpha value is -0.510. The number of benzene rings is 1. The van der Waals surface area contributed by atoms with E-state index in [1.165, 1.54) is 36.5 Å². The van der Waals surface area contributed by atoms with Crippen LogP contribution in [0.5, 0.6) is 0 Å². The van der Waals surface area contributed by atoms with E-state index in [4.69, 9.17) is 0 Å². The van der Waals surface area contributed by atoms with Crippen LogP contribution in [0.1, 0.15) is 12.0 Å². The summed E-state index contributed by atoms with van der Waals surface area (Å²) in [5.41, 5.74) is 1.43. The van der Waals surface area contributed by atoms with Gasteiger partial charge < -0.3 is 5.32 Å². The Kier molecular flexibility index (Phi) is 4.69. The fourth-order valence-electron chi connectivity index (χ4n) is 2.05. The van der Waals surface area contributed by atoms with Crippen LogP contribution in [0.15, 0.2) is 29.2 Å². The van der Waals surface area contributed by atoms with Gasteiger partial charge in [-0.05, 0) is 43.5 Å². The highest BCUT2D eigenvalue weighted by atomic mass is 32.2. The van der Waals surface area contributed by atoms with Gasteiger partial charge in [0, 0.05) is 24.5 Å².